The number of aromatic nitrogens is 1. The molecule has 1 aromatic rings. The van der Waals surface area contributed by atoms with Gasteiger partial charge < -0.3 is 16.2 Å². The van der Waals surface area contributed by atoms with Crippen molar-refractivity contribution in [2.45, 2.75) is 19.1 Å². The van der Waals surface area contributed by atoms with Crippen molar-refractivity contribution < 1.29 is 31.1 Å². The van der Waals surface area contributed by atoms with Gasteiger partial charge in [0.1, 0.15) is 11.6 Å². The van der Waals surface area contributed by atoms with Crippen molar-refractivity contribution in [3.05, 3.63) is 17.3 Å². The molecule has 4 N–H and O–H groups in total. The first-order valence-corrected chi connectivity index (χ1v) is 4.37. The van der Waals surface area contributed by atoms with Crippen LogP contribution in [0.15, 0.2) is 6.07 Å². The van der Waals surface area contributed by atoms with Gasteiger partial charge in [-0.3, -0.25) is 0 Å². The number of hydrogen-bond acceptors (Lipinski definition) is 4. The molecule has 1 heterocycles. The Morgan fingerprint density at radius 1 is 1.17 bits per heavy atom. The molecule has 4 nitrogen and oxygen atoms in total. The van der Waals surface area contributed by atoms with Gasteiger partial charge in [-0.05, 0) is 0 Å². The zero-order chi connectivity index (χ0) is 14.1. The quantitative estimate of drug-likeness (QED) is 0.810. The second-order valence-electron chi connectivity index (χ2n) is 3.12. The molecule has 0 aliphatic rings. The Bertz CT molecular complexity index is 442. The normalized spacial score (nSPS) is 12.6. The highest BCUT2D eigenvalue weighted by molar-refractivity contribution is 5.50. The third kappa shape index (κ3) is 3.39. The number of nitrogen functional groups attached to an aromatic ring is 1. The molecule has 0 bridgehead atoms. The largest absolute Gasteiger partial charge is 0.573 e. The number of alkyl halides is 6. The summed E-state index contributed by atoms with van der Waals surface area (Å²) in [6.07, 6.45) is -10.1. The van der Waals surface area contributed by atoms with Crippen LogP contribution in [0.2, 0.25) is 0 Å². The summed E-state index contributed by atoms with van der Waals surface area (Å²) in [5.41, 5.74) is 8.16. The average Bonchev–Trinajstić information content (AvgIpc) is 2.13. The second kappa shape index (κ2) is 4.52. The Morgan fingerprint density at radius 3 is 2.11 bits per heavy atom. The summed E-state index contributed by atoms with van der Waals surface area (Å²) in [4.78, 5) is 2.93. The third-order valence-electron chi connectivity index (χ3n) is 1.84. The van der Waals surface area contributed by atoms with Crippen LogP contribution >= 0.6 is 0 Å². The van der Waals surface area contributed by atoms with E-state index in [1.165, 1.54) is 0 Å². The maximum Gasteiger partial charge on any atom is 0.573 e. The van der Waals surface area contributed by atoms with Crippen LogP contribution < -0.4 is 16.2 Å². The number of hydrogen-bond donors (Lipinski definition) is 2. The fraction of sp³-hybridized carbons (Fsp3) is 0.375. The summed E-state index contributed by atoms with van der Waals surface area (Å²) in [5.74, 6) is -1.86. The van der Waals surface area contributed by atoms with E-state index in [0.29, 0.717) is 0 Å². The lowest BCUT2D eigenvalue weighted by atomic mass is 10.2. The summed E-state index contributed by atoms with van der Waals surface area (Å²) in [7, 11) is 0. The van der Waals surface area contributed by atoms with Crippen molar-refractivity contribution in [2.24, 2.45) is 5.73 Å². The van der Waals surface area contributed by atoms with Gasteiger partial charge in [-0.1, -0.05) is 0 Å². The second-order valence-corrected chi connectivity index (χ2v) is 3.12. The molecular formula is C8H7F6N3O. The lowest BCUT2D eigenvalue weighted by Crippen LogP contribution is -2.21. The summed E-state index contributed by atoms with van der Waals surface area (Å²) in [5, 5.41) is 0. The van der Waals surface area contributed by atoms with Gasteiger partial charge in [0, 0.05) is 12.6 Å². The predicted molar refractivity (Wildman–Crippen MR) is 48.2 cm³/mol. The fourth-order valence-electron chi connectivity index (χ4n) is 1.13. The lowest BCUT2D eigenvalue weighted by molar-refractivity contribution is -0.275. The molecule has 0 unspecified atom stereocenters. The first kappa shape index (κ1) is 14.4. The molecule has 18 heavy (non-hydrogen) atoms. The van der Waals surface area contributed by atoms with Crippen LogP contribution in [0.3, 0.4) is 0 Å². The van der Waals surface area contributed by atoms with E-state index < -0.39 is 41.9 Å². The molecule has 0 amide bonds. The van der Waals surface area contributed by atoms with E-state index >= 15 is 0 Å². The molecule has 0 saturated heterocycles. The number of nitrogens with two attached hydrogens (primary N) is 2. The van der Waals surface area contributed by atoms with Gasteiger partial charge in [0.05, 0.1) is 5.56 Å². The van der Waals surface area contributed by atoms with Crippen LogP contribution in [-0.4, -0.2) is 11.3 Å². The third-order valence-corrected chi connectivity index (χ3v) is 1.84. The first-order valence-electron chi connectivity index (χ1n) is 4.37. The molecule has 1 rings (SSSR count). The first-order chi connectivity index (χ1) is 8.04. The molecule has 0 aromatic carbocycles. The van der Waals surface area contributed by atoms with Crippen molar-refractivity contribution in [1.29, 1.82) is 0 Å². The number of nitrogens with zero attached hydrogens (tertiary/aromatic N) is 1. The minimum atomic E-state index is -5.15. The Balaban J connectivity index is 3.33. The van der Waals surface area contributed by atoms with Crippen LogP contribution in [0.5, 0.6) is 5.75 Å². The zero-order valence-corrected chi connectivity index (χ0v) is 8.56. The molecule has 0 atom stereocenters. The summed E-state index contributed by atoms with van der Waals surface area (Å²) in [6.45, 7) is -0.539. The van der Waals surface area contributed by atoms with Gasteiger partial charge in [-0.15, -0.1) is 13.2 Å². The van der Waals surface area contributed by atoms with Gasteiger partial charge in [-0.25, -0.2) is 4.98 Å². The highest BCUT2D eigenvalue weighted by atomic mass is 19.4. The smallest absolute Gasteiger partial charge is 0.405 e. The standard InChI is InChI=1S/C8H7F6N3O/c9-7(10,11)5-1-4(18-8(12,13)14)3(2-15)6(16)17-5/h1H,2,15H2,(H2,16,17). The Labute approximate surface area is 96.5 Å². The molecule has 0 spiro atoms. The Morgan fingerprint density at radius 2 is 1.72 bits per heavy atom. The lowest BCUT2D eigenvalue weighted by Gasteiger charge is -2.16. The number of ether oxygens (including phenoxy) is 1. The highest BCUT2D eigenvalue weighted by Gasteiger charge is 2.37. The number of halogens is 6. The van der Waals surface area contributed by atoms with Crippen LogP contribution in [0, 0.1) is 0 Å². The maximum atomic E-state index is 12.3. The van der Waals surface area contributed by atoms with E-state index in [0.717, 1.165) is 0 Å². The Kier molecular flexibility index (Phi) is 3.60. The average molecular weight is 275 g/mol. The van der Waals surface area contributed by atoms with Gasteiger partial charge in [0.2, 0.25) is 0 Å². The molecule has 0 fully saturated rings. The summed E-state index contributed by atoms with van der Waals surface area (Å²) >= 11 is 0. The highest BCUT2D eigenvalue weighted by Crippen LogP contribution is 2.35. The summed E-state index contributed by atoms with van der Waals surface area (Å²) in [6, 6.07) is 0.103. The van der Waals surface area contributed by atoms with E-state index in [9.17, 15) is 26.3 Å². The van der Waals surface area contributed by atoms with Crippen LogP contribution in [0.4, 0.5) is 32.2 Å². The Hall–Kier alpha value is -1.71. The van der Waals surface area contributed by atoms with Gasteiger partial charge in [-0.2, -0.15) is 13.2 Å². The topological polar surface area (TPSA) is 74.2 Å². The number of rotatable bonds is 2. The molecular weight excluding hydrogens is 268 g/mol. The van der Waals surface area contributed by atoms with Crippen LogP contribution in [0.1, 0.15) is 11.3 Å². The molecule has 10 heteroatoms. The molecule has 102 valence electrons. The minimum Gasteiger partial charge on any atom is -0.405 e. The van der Waals surface area contributed by atoms with Crippen molar-refractivity contribution in [2.75, 3.05) is 5.73 Å². The number of pyridine rings is 1. The van der Waals surface area contributed by atoms with Crippen molar-refractivity contribution >= 4 is 5.82 Å². The van der Waals surface area contributed by atoms with Gasteiger partial charge in [0.15, 0.2) is 5.69 Å². The van der Waals surface area contributed by atoms with E-state index in [2.05, 4.69) is 9.72 Å². The zero-order valence-electron chi connectivity index (χ0n) is 8.56. The minimum absolute atomic E-state index is 0.103. The van der Waals surface area contributed by atoms with E-state index in [1.807, 2.05) is 0 Å². The predicted octanol–water partition coefficient (Wildman–Crippen LogP) is 2.04. The van der Waals surface area contributed by atoms with E-state index in [-0.39, 0.29) is 6.07 Å². The molecule has 0 aliphatic heterocycles. The fourth-order valence-corrected chi connectivity index (χ4v) is 1.13. The van der Waals surface area contributed by atoms with Crippen molar-refractivity contribution in [3.63, 3.8) is 0 Å². The van der Waals surface area contributed by atoms with Crippen molar-refractivity contribution in [3.8, 4) is 5.75 Å². The molecule has 0 aliphatic carbocycles. The monoisotopic (exact) mass is 275 g/mol. The molecule has 0 saturated carbocycles. The van der Waals surface area contributed by atoms with E-state index in [4.69, 9.17) is 11.5 Å². The SMILES string of the molecule is NCc1c(OC(F)(F)F)cc(C(F)(F)F)nc1N. The van der Waals surface area contributed by atoms with Crippen LogP contribution in [0.25, 0.3) is 0 Å². The molecule has 0 radical (unpaired) electrons. The van der Waals surface area contributed by atoms with Crippen LogP contribution in [-0.2, 0) is 12.7 Å². The van der Waals surface area contributed by atoms with Gasteiger partial charge >= 0.3 is 12.5 Å². The number of anilines is 1. The van der Waals surface area contributed by atoms with E-state index in [1.54, 1.807) is 0 Å². The van der Waals surface area contributed by atoms with Crippen molar-refractivity contribution in [1.82, 2.24) is 4.98 Å². The maximum absolute atomic E-state index is 12.3. The summed E-state index contributed by atoms with van der Waals surface area (Å²) < 4.78 is 76.5. The molecule has 1 aromatic heterocycles. The van der Waals surface area contributed by atoms with Gasteiger partial charge in [0.25, 0.3) is 0 Å².